The predicted molar refractivity (Wildman–Crippen MR) is 61.6 cm³/mol. The Morgan fingerprint density at radius 3 is 2.73 bits per heavy atom. The lowest BCUT2D eigenvalue weighted by molar-refractivity contribution is -0.128. The van der Waals surface area contributed by atoms with Gasteiger partial charge in [0, 0.05) is 20.2 Å². The summed E-state index contributed by atoms with van der Waals surface area (Å²) in [6.07, 6.45) is 1.10. The summed E-state index contributed by atoms with van der Waals surface area (Å²) in [6.45, 7) is 3.33. The molecule has 0 spiro atoms. The summed E-state index contributed by atoms with van der Waals surface area (Å²) in [5.41, 5.74) is 0.748. The number of carbonyl (C=O) groups excluding carboxylic acids is 1. The molecule has 3 nitrogen and oxygen atoms in total. The number of halogens is 1. The van der Waals surface area contributed by atoms with Crippen LogP contribution in [0.1, 0.15) is 0 Å². The quantitative estimate of drug-likeness (QED) is 0.450. The molecule has 1 rings (SSSR count). The molecule has 0 aliphatic carbocycles. The van der Waals surface area contributed by atoms with Crippen LogP contribution in [0, 0.1) is 0 Å². The predicted octanol–water partition coefficient (Wildman–Crippen LogP) is 2.50. The lowest BCUT2D eigenvalue weighted by Crippen LogP contribution is -2.13. The Kier molecular flexibility index (Phi) is 3.74. The first-order valence-electron chi connectivity index (χ1n) is 4.36. The number of esters is 1. The molecule has 0 N–H and O–H groups in total. The molecule has 4 heteroatoms. The van der Waals surface area contributed by atoms with Crippen molar-refractivity contribution in [1.82, 2.24) is 0 Å². The maximum Gasteiger partial charge on any atom is 0.335 e. The van der Waals surface area contributed by atoms with E-state index >= 15 is 0 Å². The fourth-order valence-corrected chi connectivity index (χ4v) is 1.30. The Morgan fingerprint density at radius 2 is 2.20 bits per heavy atom. The summed E-state index contributed by atoms with van der Waals surface area (Å²) >= 11 is 5.94. The van der Waals surface area contributed by atoms with Crippen LogP contribution in [-0.2, 0) is 4.79 Å². The summed E-state index contributed by atoms with van der Waals surface area (Å²) in [4.78, 5) is 12.9. The standard InChI is InChI=1S/C11H12ClNO2/c1-4-10(14)15-11-8(12)6-5-7-9(11)13(2)3/h4-7H,1H2,2-3H3. The Morgan fingerprint density at radius 1 is 1.53 bits per heavy atom. The molecule has 0 bridgehead atoms. The van der Waals surface area contributed by atoms with E-state index in [1.165, 1.54) is 0 Å². The number of ether oxygens (including phenoxy) is 1. The van der Waals surface area contributed by atoms with Crippen molar-refractivity contribution in [3.63, 3.8) is 0 Å². The van der Waals surface area contributed by atoms with E-state index in [1.807, 2.05) is 25.1 Å². The molecule has 0 aromatic heterocycles. The number of para-hydroxylation sites is 1. The monoisotopic (exact) mass is 225 g/mol. The largest absolute Gasteiger partial charge is 0.420 e. The Labute approximate surface area is 93.9 Å². The van der Waals surface area contributed by atoms with Crippen molar-refractivity contribution in [2.45, 2.75) is 0 Å². The highest BCUT2D eigenvalue weighted by molar-refractivity contribution is 6.32. The molecule has 0 saturated heterocycles. The zero-order valence-electron chi connectivity index (χ0n) is 8.66. The summed E-state index contributed by atoms with van der Waals surface area (Å²) in [6, 6.07) is 5.28. The fraction of sp³-hybridized carbons (Fsp3) is 0.182. The molecule has 15 heavy (non-hydrogen) atoms. The third-order valence-corrected chi connectivity index (χ3v) is 2.09. The minimum Gasteiger partial charge on any atom is -0.420 e. The molecule has 0 aliphatic heterocycles. The van der Waals surface area contributed by atoms with E-state index in [0.717, 1.165) is 11.8 Å². The lowest BCUT2D eigenvalue weighted by atomic mass is 10.3. The molecule has 1 aromatic carbocycles. The van der Waals surface area contributed by atoms with Crippen LogP contribution in [0.4, 0.5) is 5.69 Å². The molecule has 0 aliphatic rings. The van der Waals surface area contributed by atoms with E-state index < -0.39 is 5.97 Å². The fourth-order valence-electron chi connectivity index (χ4n) is 1.09. The van der Waals surface area contributed by atoms with Crippen LogP contribution in [0.25, 0.3) is 0 Å². The highest BCUT2D eigenvalue weighted by Crippen LogP contribution is 2.34. The summed E-state index contributed by atoms with van der Waals surface area (Å²) in [7, 11) is 3.69. The van der Waals surface area contributed by atoms with Crippen LogP contribution in [0.3, 0.4) is 0 Å². The number of carbonyl (C=O) groups is 1. The molecule has 0 amide bonds. The van der Waals surface area contributed by atoms with Crippen LogP contribution < -0.4 is 9.64 Å². The van der Waals surface area contributed by atoms with Crippen LogP contribution in [-0.4, -0.2) is 20.1 Å². The van der Waals surface area contributed by atoms with Crippen molar-refractivity contribution in [3.05, 3.63) is 35.9 Å². The molecule has 0 radical (unpaired) electrons. The van der Waals surface area contributed by atoms with Gasteiger partial charge >= 0.3 is 5.97 Å². The SMILES string of the molecule is C=CC(=O)Oc1c(Cl)cccc1N(C)C. The zero-order valence-corrected chi connectivity index (χ0v) is 9.41. The van der Waals surface area contributed by atoms with Gasteiger partial charge < -0.3 is 9.64 Å². The Balaban J connectivity index is 3.12. The highest BCUT2D eigenvalue weighted by atomic mass is 35.5. The van der Waals surface area contributed by atoms with Crippen molar-refractivity contribution in [2.75, 3.05) is 19.0 Å². The summed E-state index contributed by atoms with van der Waals surface area (Å²) in [5, 5.41) is 0.399. The zero-order chi connectivity index (χ0) is 11.4. The second-order valence-electron chi connectivity index (χ2n) is 3.11. The van der Waals surface area contributed by atoms with E-state index in [9.17, 15) is 4.79 Å². The number of rotatable bonds is 3. The number of benzene rings is 1. The minimum absolute atomic E-state index is 0.356. The van der Waals surface area contributed by atoms with Gasteiger partial charge in [0.05, 0.1) is 10.7 Å². The van der Waals surface area contributed by atoms with Crippen LogP contribution >= 0.6 is 11.6 Å². The van der Waals surface area contributed by atoms with Crippen molar-refractivity contribution < 1.29 is 9.53 Å². The van der Waals surface area contributed by atoms with Crippen molar-refractivity contribution >= 4 is 23.3 Å². The van der Waals surface area contributed by atoms with Gasteiger partial charge in [0.2, 0.25) is 0 Å². The van der Waals surface area contributed by atoms with Gasteiger partial charge in [-0.15, -0.1) is 0 Å². The first-order chi connectivity index (χ1) is 7.06. The second-order valence-corrected chi connectivity index (χ2v) is 3.51. The molecule has 0 unspecified atom stereocenters. The van der Waals surface area contributed by atoms with E-state index in [1.54, 1.807) is 12.1 Å². The van der Waals surface area contributed by atoms with E-state index in [4.69, 9.17) is 16.3 Å². The van der Waals surface area contributed by atoms with Gasteiger partial charge in [-0.3, -0.25) is 0 Å². The first-order valence-corrected chi connectivity index (χ1v) is 4.74. The highest BCUT2D eigenvalue weighted by Gasteiger charge is 2.12. The van der Waals surface area contributed by atoms with Crippen LogP contribution in [0.15, 0.2) is 30.9 Å². The van der Waals surface area contributed by atoms with Gasteiger partial charge in [-0.1, -0.05) is 24.2 Å². The number of nitrogens with zero attached hydrogens (tertiary/aromatic N) is 1. The normalized spacial score (nSPS) is 9.53. The number of hydrogen-bond acceptors (Lipinski definition) is 3. The molecule has 0 fully saturated rings. The van der Waals surface area contributed by atoms with Crippen LogP contribution in [0.2, 0.25) is 5.02 Å². The molecule has 80 valence electrons. The van der Waals surface area contributed by atoms with Gasteiger partial charge in [-0.05, 0) is 12.1 Å². The molecule has 0 atom stereocenters. The summed E-state index contributed by atoms with van der Waals surface area (Å²) in [5.74, 6) is -0.166. The van der Waals surface area contributed by atoms with Crippen molar-refractivity contribution in [3.8, 4) is 5.75 Å². The molecule has 0 saturated carbocycles. The maximum absolute atomic E-state index is 11.1. The van der Waals surface area contributed by atoms with Gasteiger partial charge in [0.25, 0.3) is 0 Å². The minimum atomic E-state index is -0.522. The van der Waals surface area contributed by atoms with Gasteiger partial charge in [0.15, 0.2) is 5.75 Å². The smallest absolute Gasteiger partial charge is 0.335 e. The third-order valence-electron chi connectivity index (χ3n) is 1.80. The van der Waals surface area contributed by atoms with E-state index in [-0.39, 0.29) is 0 Å². The lowest BCUT2D eigenvalue weighted by Gasteiger charge is -2.17. The Hall–Kier alpha value is -1.48. The summed E-state index contributed by atoms with van der Waals surface area (Å²) < 4.78 is 5.06. The van der Waals surface area contributed by atoms with Gasteiger partial charge in [-0.25, -0.2) is 4.79 Å². The average Bonchev–Trinajstić information content (AvgIpc) is 2.20. The topological polar surface area (TPSA) is 29.5 Å². The molecular weight excluding hydrogens is 214 g/mol. The van der Waals surface area contributed by atoms with Crippen molar-refractivity contribution in [1.29, 1.82) is 0 Å². The third kappa shape index (κ3) is 2.73. The van der Waals surface area contributed by atoms with Gasteiger partial charge in [-0.2, -0.15) is 0 Å². The van der Waals surface area contributed by atoms with Gasteiger partial charge in [0.1, 0.15) is 0 Å². The molecule has 1 aromatic rings. The average molecular weight is 226 g/mol. The number of anilines is 1. The van der Waals surface area contributed by atoms with E-state index in [2.05, 4.69) is 6.58 Å². The Bertz CT molecular complexity index is 388. The van der Waals surface area contributed by atoms with Crippen molar-refractivity contribution in [2.24, 2.45) is 0 Å². The van der Waals surface area contributed by atoms with Crippen LogP contribution in [0.5, 0.6) is 5.75 Å². The number of hydrogen-bond donors (Lipinski definition) is 0. The first kappa shape index (κ1) is 11.6. The maximum atomic E-state index is 11.1. The van der Waals surface area contributed by atoms with E-state index in [0.29, 0.717) is 10.8 Å². The second kappa shape index (κ2) is 4.84. The molecular formula is C11H12ClNO2. The molecule has 0 heterocycles.